The second kappa shape index (κ2) is 9.26. The Labute approximate surface area is 203 Å². The molecule has 0 saturated carbocycles. The lowest BCUT2D eigenvalue weighted by atomic mass is 9.69. The Morgan fingerprint density at radius 3 is 2.62 bits per heavy atom. The molecule has 1 unspecified atom stereocenters. The minimum Gasteiger partial charge on any atom is -0.465 e. The zero-order chi connectivity index (χ0) is 23.8. The number of aliphatic imine (C=N–C) groups is 1. The van der Waals surface area contributed by atoms with Gasteiger partial charge in [0.05, 0.1) is 6.61 Å². The van der Waals surface area contributed by atoms with E-state index < -0.39 is 17.8 Å². The zero-order valence-corrected chi connectivity index (χ0v) is 19.9. The smallest absolute Gasteiger partial charge is 0.315 e. The number of nitrogens with zero attached hydrogens (tertiary/aromatic N) is 1. The van der Waals surface area contributed by atoms with Crippen LogP contribution in [-0.4, -0.2) is 30.9 Å². The van der Waals surface area contributed by atoms with Gasteiger partial charge in [-0.3, -0.25) is 14.6 Å². The minimum atomic E-state index is -0.736. The molecular weight excluding hydrogens is 454 g/mol. The molecule has 2 aromatic carbocycles. The predicted molar refractivity (Wildman–Crippen MR) is 129 cm³/mol. The number of ketones is 1. The Morgan fingerprint density at radius 1 is 1.15 bits per heavy atom. The van der Waals surface area contributed by atoms with Gasteiger partial charge in [-0.15, -0.1) is 0 Å². The van der Waals surface area contributed by atoms with Gasteiger partial charge in [0.2, 0.25) is 6.79 Å². The summed E-state index contributed by atoms with van der Waals surface area (Å²) in [6.07, 6.45) is 1.68. The van der Waals surface area contributed by atoms with Crippen molar-refractivity contribution < 1.29 is 23.8 Å². The number of Topliss-reactive ketones (excluding diaryl/α,β-unsaturated/α-hetero) is 1. The minimum absolute atomic E-state index is 0.0154. The lowest BCUT2D eigenvalue weighted by molar-refractivity contribution is -0.146. The highest BCUT2D eigenvalue weighted by atomic mass is 35.5. The summed E-state index contributed by atoms with van der Waals surface area (Å²) >= 11 is 6.71. The van der Waals surface area contributed by atoms with Crippen molar-refractivity contribution >= 4 is 29.1 Å². The van der Waals surface area contributed by atoms with Crippen molar-refractivity contribution in [1.29, 1.82) is 0 Å². The molecule has 5 rings (SSSR count). The van der Waals surface area contributed by atoms with E-state index in [1.807, 2.05) is 44.2 Å². The normalized spacial score (nSPS) is 23.4. The van der Waals surface area contributed by atoms with Gasteiger partial charge in [0.15, 0.2) is 17.3 Å². The quantitative estimate of drug-likeness (QED) is 0.522. The maximum atomic E-state index is 13.7. The summed E-state index contributed by atoms with van der Waals surface area (Å²) in [6, 6.07) is 13.5. The first-order chi connectivity index (χ1) is 16.5. The molecule has 0 saturated heterocycles. The molecular formula is C27H26ClNO5. The van der Waals surface area contributed by atoms with E-state index in [0.717, 1.165) is 11.3 Å². The third kappa shape index (κ3) is 4.00. The van der Waals surface area contributed by atoms with E-state index in [1.54, 1.807) is 12.1 Å². The van der Waals surface area contributed by atoms with E-state index in [2.05, 4.69) is 0 Å². The van der Waals surface area contributed by atoms with Crippen LogP contribution in [0.25, 0.3) is 0 Å². The number of allylic oxidation sites excluding steroid dienone is 2. The van der Waals surface area contributed by atoms with Gasteiger partial charge in [-0.05, 0) is 42.9 Å². The van der Waals surface area contributed by atoms with Crippen LogP contribution < -0.4 is 9.47 Å². The molecule has 0 bridgehead atoms. The molecule has 2 aliphatic heterocycles. The van der Waals surface area contributed by atoms with E-state index in [-0.39, 0.29) is 18.5 Å². The molecule has 3 atom stereocenters. The molecule has 2 heterocycles. The monoisotopic (exact) mass is 479 g/mol. The topological polar surface area (TPSA) is 74.2 Å². The van der Waals surface area contributed by atoms with Crippen molar-refractivity contribution in [2.24, 2.45) is 10.9 Å². The average molecular weight is 480 g/mol. The fraction of sp³-hybridized carbons (Fsp3) is 0.370. The van der Waals surface area contributed by atoms with Crippen LogP contribution in [-0.2, 0) is 14.3 Å². The van der Waals surface area contributed by atoms with Gasteiger partial charge in [0.25, 0.3) is 0 Å². The van der Waals surface area contributed by atoms with Crippen molar-refractivity contribution in [3.63, 3.8) is 0 Å². The van der Waals surface area contributed by atoms with Gasteiger partial charge < -0.3 is 14.2 Å². The third-order valence-corrected chi connectivity index (χ3v) is 7.02. The van der Waals surface area contributed by atoms with Crippen molar-refractivity contribution in [1.82, 2.24) is 0 Å². The third-order valence-electron chi connectivity index (χ3n) is 6.69. The first-order valence-electron chi connectivity index (χ1n) is 11.6. The van der Waals surface area contributed by atoms with Gasteiger partial charge in [0, 0.05) is 40.4 Å². The molecule has 0 N–H and O–H groups in total. The number of fused-ring (bicyclic) bond motifs is 1. The Bertz CT molecular complexity index is 1200. The molecule has 176 valence electrons. The number of esters is 1. The number of hydrogen-bond donors (Lipinski definition) is 0. The lowest BCUT2D eigenvalue weighted by Gasteiger charge is -2.36. The summed E-state index contributed by atoms with van der Waals surface area (Å²) in [5, 5.41) is 0.419. The van der Waals surface area contributed by atoms with E-state index in [9.17, 15) is 9.59 Å². The van der Waals surface area contributed by atoms with Crippen LogP contribution in [0.15, 0.2) is 58.7 Å². The standard InChI is InChI=1S/C27H26ClNO5/c1-3-9-32-27(31)24-15(2)29-20-10-17(16-7-5-4-6-8-16)11-21(30)26(20)25(24)18-12-22-23(13-19(18)28)34-14-33-22/h4-8,12-13,17,24-25H,3,9-11,14H2,1-2H3/t17-,24?,25+/m1/s1. The van der Waals surface area contributed by atoms with E-state index in [4.69, 9.17) is 30.8 Å². The van der Waals surface area contributed by atoms with Crippen molar-refractivity contribution in [2.75, 3.05) is 13.4 Å². The van der Waals surface area contributed by atoms with Crippen LogP contribution in [0.4, 0.5) is 0 Å². The predicted octanol–water partition coefficient (Wildman–Crippen LogP) is 5.60. The van der Waals surface area contributed by atoms with Gasteiger partial charge in [0.1, 0.15) is 5.92 Å². The number of benzene rings is 2. The molecule has 0 radical (unpaired) electrons. The largest absolute Gasteiger partial charge is 0.465 e. The lowest BCUT2D eigenvalue weighted by Crippen LogP contribution is -2.38. The van der Waals surface area contributed by atoms with Gasteiger partial charge in [-0.2, -0.15) is 0 Å². The maximum absolute atomic E-state index is 13.7. The fourth-order valence-corrected chi connectivity index (χ4v) is 5.40. The van der Waals surface area contributed by atoms with Crippen LogP contribution in [0.1, 0.15) is 56.1 Å². The average Bonchev–Trinajstić information content (AvgIpc) is 3.28. The van der Waals surface area contributed by atoms with Crippen LogP contribution in [0.3, 0.4) is 0 Å². The molecule has 0 fully saturated rings. The summed E-state index contributed by atoms with van der Waals surface area (Å²) in [7, 11) is 0. The highest BCUT2D eigenvalue weighted by Gasteiger charge is 2.45. The summed E-state index contributed by atoms with van der Waals surface area (Å²) < 4.78 is 16.6. The van der Waals surface area contributed by atoms with E-state index >= 15 is 0 Å². The molecule has 6 nitrogen and oxygen atoms in total. The molecule has 3 aliphatic rings. The summed E-state index contributed by atoms with van der Waals surface area (Å²) in [6.45, 7) is 4.18. The van der Waals surface area contributed by atoms with Crippen LogP contribution in [0.5, 0.6) is 11.5 Å². The highest BCUT2D eigenvalue weighted by Crippen LogP contribution is 2.50. The molecule has 34 heavy (non-hydrogen) atoms. The second-order valence-corrected chi connectivity index (χ2v) is 9.31. The van der Waals surface area contributed by atoms with Crippen LogP contribution in [0, 0.1) is 5.92 Å². The molecule has 0 aromatic heterocycles. The van der Waals surface area contributed by atoms with E-state index in [0.29, 0.717) is 59.2 Å². The number of carbonyl (C=O) groups excluding carboxylic acids is 2. The zero-order valence-electron chi connectivity index (χ0n) is 19.2. The van der Waals surface area contributed by atoms with Crippen molar-refractivity contribution in [2.45, 2.75) is 44.9 Å². The number of hydrogen-bond acceptors (Lipinski definition) is 6. The number of carbonyl (C=O) groups is 2. The Kier molecular flexibility index (Phi) is 6.17. The van der Waals surface area contributed by atoms with Crippen molar-refractivity contribution in [3.8, 4) is 11.5 Å². The number of ether oxygens (including phenoxy) is 3. The molecule has 0 spiro atoms. The Morgan fingerprint density at radius 2 is 1.88 bits per heavy atom. The summed E-state index contributed by atoms with van der Waals surface area (Å²) in [5.41, 5.74) is 3.66. The Hall–Kier alpha value is -3.12. The molecule has 7 heteroatoms. The van der Waals surface area contributed by atoms with E-state index in [1.165, 1.54) is 0 Å². The van der Waals surface area contributed by atoms with Crippen LogP contribution in [0.2, 0.25) is 5.02 Å². The molecule has 1 aliphatic carbocycles. The second-order valence-electron chi connectivity index (χ2n) is 8.90. The first kappa shape index (κ1) is 22.7. The number of rotatable bonds is 5. The first-order valence-corrected chi connectivity index (χ1v) is 12.0. The summed E-state index contributed by atoms with van der Waals surface area (Å²) in [4.78, 5) is 31.7. The Balaban J connectivity index is 1.62. The van der Waals surface area contributed by atoms with Crippen LogP contribution >= 0.6 is 11.6 Å². The highest BCUT2D eigenvalue weighted by molar-refractivity contribution is 6.32. The number of halogens is 1. The van der Waals surface area contributed by atoms with Crippen molar-refractivity contribution in [3.05, 3.63) is 69.9 Å². The van der Waals surface area contributed by atoms with Gasteiger partial charge >= 0.3 is 5.97 Å². The molecule has 0 amide bonds. The summed E-state index contributed by atoms with van der Waals surface area (Å²) in [5.74, 6) is -0.602. The fourth-order valence-electron chi connectivity index (χ4n) is 5.13. The SMILES string of the molecule is CCCOC(=O)C1C(C)=NC2=C(C(=O)C[C@H](c3ccccc3)C2)[C@H]1c1cc2c(cc1Cl)OCO2. The van der Waals surface area contributed by atoms with Gasteiger partial charge in [-0.1, -0.05) is 48.9 Å². The molecule has 2 aromatic rings. The maximum Gasteiger partial charge on any atom is 0.315 e. The van der Waals surface area contributed by atoms with Gasteiger partial charge in [-0.25, -0.2) is 0 Å².